The third-order valence-electron chi connectivity index (χ3n) is 16.5. The first-order valence-electron chi connectivity index (χ1n) is 31.0. The summed E-state index contributed by atoms with van der Waals surface area (Å²) in [6.07, 6.45) is 1.23. The van der Waals surface area contributed by atoms with Gasteiger partial charge in [-0.05, 0) is 89.2 Å². The number of nitrogens with two attached hydrogens (primary N) is 2. The van der Waals surface area contributed by atoms with Crippen molar-refractivity contribution in [1.82, 2.24) is 63.8 Å². The van der Waals surface area contributed by atoms with Crippen LogP contribution in [0.4, 0.5) is 0 Å². The zero-order valence-electron chi connectivity index (χ0n) is 53.8. The molecule has 1 aliphatic heterocycles. The van der Waals surface area contributed by atoms with E-state index in [2.05, 4.69) is 63.8 Å². The van der Waals surface area contributed by atoms with Gasteiger partial charge >= 0.3 is 5.97 Å². The van der Waals surface area contributed by atoms with Gasteiger partial charge < -0.3 is 84.9 Å². The molecule has 89 heavy (non-hydrogen) atoms. The molecule has 1 aliphatic rings. The summed E-state index contributed by atoms with van der Waals surface area (Å²) in [5.41, 5.74) is 11.7. The highest BCUT2D eigenvalue weighted by atomic mass is 16.5. The molecule has 1 saturated heterocycles. The number of benzene rings is 1. The fourth-order valence-electron chi connectivity index (χ4n) is 9.68. The number of likely N-dealkylation sites (N-methyl/N-ethyl adjacent to an activating group) is 1. The Morgan fingerprint density at radius 1 is 0.629 bits per heavy atom. The minimum absolute atomic E-state index is 0.179. The lowest BCUT2D eigenvalue weighted by molar-refractivity contribution is -0.156. The molecule has 1 aromatic rings. The maximum absolute atomic E-state index is 14.4. The van der Waals surface area contributed by atoms with Crippen molar-refractivity contribution in [3.63, 3.8) is 0 Å². The minimum atomic E-state index is -1.78. The van der Waals surface area contributed by atoms with Gasteiger partial charge in [-0.25, -0.2) is 0 Å². The number of cyclic esters (lactones) is 1. The highest BCUT2D eigenvalue weighted by Crippen LogP contribution is 2.18. The van der Waals surface area contributed by atoms with Crippen molar-refractivity contribution >= 4 is 71.0 Å². The number of primary amides is 1. The Hall–Kier alpha value is -7.50. The summed E-state index contributed by atoms with van der Waals surface area (Å²) in [4.78, 5) is 152. The second-order valence-corrected chi connectivity index (χ2v) is 23.3. The lowest BCUT2D eigenvalue weighted by Crippen LogP contribution is -2.63. The number of ether oxygens (including phenoxy) is 1. The van der Waals surface area contributed by atoms with E-state index in [1.54, 1.807) is 55.5 Å². The highest BCUT2D eigenvalue weighted by molar-refractivity contribution is 5.99. The summed E-state index contributed by atoms with van der Waals surface area (Å²) < 4.78 is 5.87. The van der Waals surface area contributed by atoms with Crippen molar-refractivity contribution < 1.29 is 67.7 Å². The van der Waals surface area contributed by atoms with Gasteiger partial charge in [-0.15, -0.1) is 0 Å². The summed E-state index contributed by atoms with van der Waals surface area (Å²) in [7, 11) is 1.60. The number of guanidine groups is 1. The average molecular weight is 1260 g/mol. The number of carbonyl (C=O) groups excluding carboxylic acids is 11. The van der Waals surface area contributed by atoms with Gasteiger partial charge in [-0.2, -0.15) is 0 Å². The molecule has 0 bridgehead atoms. The molecule has 17 atom stereocenters. The number of hydrogen-bond acceptors (Lipinski definition) is 17. The third-order valence-corrected chi connectivity index (χ3v) is 16.5. The molecule has 29 heteroatoms. The van der Waals surface area contributed by atoms with E-state index in [-0.39, 0.29) is 24.7 Å². The lowest BCUT2D eigenvalue weighted by Gasteiger charge is -2.32. The summed E-state index contributed by atoms with van der Waals surface area (Å²) >= 11 is 0. The normalized spacial score (nSPS) is 21.8. The van der Waals surface area contributed by atoms with Gasteiger partial charge in [0, 0.05) is 25.0 Å². The number of rotatable bonds is 35. The first kappa shape index (κ1) is 77.6. The van der Waals surface area contributed by atoms with Crippen LogP contribution in [0.15, 0.2) is 30.3 Å². The molecule has 0 spiro atoms. The Kier molecular flexibility index (Phi) is 34.4. The van der Waals surface area contributed by atoms with E-state index in [1.165, 1.54) is 13.8 Å². The molecule has 2 rings (SSSR count). The summed E-state index contributed by atoms with van der Waals surface area (Å²) in [6.45, 7) is 16.9. The molecule has 1 heterocycles. The Labute approximate surface area is 523 Å². The zero-order chi connectivity index (χ0) is 67.2. The van der Waals surface area contributed by atoms with E-state index in [9.17, 15) is 63.0 Å². The average Bonchev–Trinajstić information content (AvgIpc) is 3.61. The number of hydrogen-bond donors (Lipinski definition) is 17. The Balaban J connectivity index is 2.40. The lowest BCUT2D eigenvalue weighted by atomic mass is 9.94. The topological polar surface area (TPSA) is 458 Å². The van der Waals surface area contributed by atoms with E-state index in [0.29, 0.717) is 45.1 Å². The molecule has 29 nitrogen and oxygen atoms in total. The van der Waals surface area contributed by atoms with Gasteiger partial charge in [0.05, 0.1) is 19.3 Å². The van der Waals surface area contributed by atoms with Gasteiger partial charge in [0.1, 0.15) is 60.5 Å². The largest absolute Gasteiger partial charge is 0.459 e. The van der Waals surface area contributed by atoms with Crippen LogP contribution in [0.2, 0.25) is 0 Å². The van der Waals surface area contributed by atoms with Gasteiger partial charge in [-0.1, -0.05) is 111 Å². The molecular weight excluding hydrogens is 1150 g/mol. The van der Waals surface area contributed by atoms with Crippen molar-refractivity contribution in [3.05, 3.63) is 35.9 Å². The first-order chi connectivity index (χ1) is 42.0. The fourth-order valence-corrected chi connectivity index (χ4v) is 9.68. The molecule has 0 radical (unpaired) electrons. The predicted octanol–water partition coefficient (Wildman–Crippen LogP) is -2.42. The maximum Gasteiger partial charge on any atom is 0.323 e. The smallest absolute Gasteiger partial charge is 0.323 e. The van der Waals surface area contributed by atoms with Crippen LogP contribution in [0.25, 0.3) is 0 Å². The first-order valence-corrected chi connectivity index (χ1v) is 31.0. The molecule has 1 unspecified atom stereocenters. The van der Waals surface area contributed by atoms with E-state index in [0.717, 1.165) is 5.56 Å². The molecule has 10 amide bonds. The van der Waals surface area contributed by atoms with Crippen molar-refractivity contribution in [2.75, 3.05) is 26.8 Å². The second kappa shape index (κ2) is 39.5. The van der Waals surface area contributed by atoms with Crippen LogP contribution < -0.4 is 75.3 Å². The fraction of sp³-hybridized carbons (Fsp3) is 0.700. The van der Waals surface area contributed by atoms with E-state index < -0.39 is 187 Å². The Morgan fingerprint density at radius 3 is 1.60 bits per heavy atom. The van der Waals surface area contributed by atoms with Crippen LogP contribution in [0.3, 0.4) is 0 Å². The molecule has 0 saturated carbocycles. The molecular formula is C60H103N15O14. The molecule has 19 N–H and O–H groups in total. The molecule has 502 valence electrons. The van der Waals surface area contributed by atoms with Crippen LogP contribution in [0.5, 0.6) is 0 Å². The van der Waals surface area contributed by atoms with Crippen LogP contribution in [0, 0.1) is 29.1 Å². The number of carbonyl (C=O) groups is 11. The monoisotopic (exact) mass is 1260 g/mol. The Morgan fingerprint density at radius 2 is 1.11 bits per heavy atom. The quantitative estimate of drug-likeness (QED) is 0.0146. The standard InChI is InChI=1S/C60H103N15O14/c1-13-31(5)45(73-52(81)41(64-12)28-38-22-18-17-19-23-38)55(84)70-42(29-76)53(82)69-40(25-26-44(61)78)51(80)72-47(33(7)15-3)57(86)74-46(32(6)14-2)56(85)71-43(30-77)54(83)75-49-37(11)89-59(88)48(34(8)16-4)66-35(9)39(24-20-21-27-65-60(62)63)68-50(79)36(10)67-58(49)87/h17-19,22-23,31-37,39-43,45-49,64,66,76-77H,13-16,20-21,24-30H2,1-12H3,(H2,61,78)(H,67,87)(H,68,79)(H,69,82)(H,70,84)(H,71,85)(H,72,80)(H,73,81)(H,74,86)(H,75,83)(H4,62,63,65)/t31-,32-,33-,34-,35?,36-,37-,39-,40+,41+,42-,43-,45-,46-,47+,48-,49+/m0/s1. The SMILES string of the molecule is CC[C@H](C)[C@H](NC(=O)[C@@H](Cc1ccccc1)NC)C(=O)N[C@@H](CO)C(=O)N[C@H](CCC(N)=O)C(=O)N[C@@H](C(=O)N[C@H](C(=O)N[C@@H](CO)C(=O)N[C@H]1C(=O)N[C@@H](C)C(=O)N[C@@H](CCCCNC(=N)N)C(C)N[C@@H]([C@@H](C)CC)C(=O)O[C@H]1C)[C@@H](C)CC)[C@@H](C)CC. The van der Waals surface area contributed by atoms with E-state index >= 15 is 0 Å². The van der Waals surface area contributed by atoms with Crippen molar-refractivity contribution in [1.29, 1.82) is 5.41 Å². The number of esters is 1. The van der Waals surface area contributed by atoms with Gasteiger partial charge in [-0.3, -0.25) is 63.5 Å². The number of aliphatic hydroxyl groups excluding tert-OH is 2. The van der Waals surface area contributed by atoms with Crippen molar-refractivity contribution in [2.24, 2.45) is 35.1 Å². The third kappa shape index (κ3) is 25.5. The number of amides is 10. The summed E-state index contributed by atoms with van der Waals surface area (Å²) in [5, 5.41) is 60.8. The second-order valence-electron chi connectivity index (χ2n) is 23.3. The van der Waals surface area contributed by atoms with Gasteiger partial charge in [0.25, 0.3) is 0 Å². The van der Waals surface area contributed by atoms with Crippen LogP contribution in [-0.4, -0.2) is 187 Å². The van der Waals surface area contributed by atoms with E-state index in [1.807, 2.05) is 44.2 Å². The maximum atomic E-state index is 14.4. The van der Waals surface area contributed by atoms with Crippen molar-refractivity contribution in [2.45, 2.75) is 219 Å². The van der Waals surface area contributed by atoms with Crippen molar-refractivity contribution in [3.8, 4) is 0 Å². The van der Waals surface area contributed by atoms with Crippen LogP contribution >= 0.6 is 0 Å². The number of aliphatic hydroxyl groups is 2. The van der Waals surface area contributed by atoms with Crippen LogP contribution in [-0.2, 0) is 63.9 Å². The molecule has 0 aromatic heterocycles. The summed E-state index contributed by atoms with van der Waals surface area (Å²) in [6, 6.07) is -5.43. The van der Waals surface area contributed by atoms with Gasteiger partial charge in [0.15, 0.2) is 5.96 Å². The highest BCUT2D eigenvalue weighted by Gasteiger charge is 2.41. The number of unbranched alkanes of at least 4 members (excludes halogenated alkanes) is 1. The van der Waals surface area contributed by atoms with Crippen LogP contribution in [0.1, 0.15) is 140 Å². The zero-order valence-corrected chi connectivity index (χ0v) is 53.8. The predicted molar refractivity (Wildman–Crippen MR) is 332 cm³/mol. The van der Waals surface area contributed by atoms with Gasteiger partial charge in [0.2, 0.25) is 59.1 Å². The minimum Gasteiger partial charge on any atom is -0.459 e. The molecule has 0 aliphatic carbocycles. The summed E-state index contributed by atoms with van der Waals surface area (Å²) in [5.74, 6) is -11.7. The number of nitrogens with one attached hydrogen (secondary N) is 13. The van der Waals surface area contributed by atoms with E-state index in [4.69, 9.17) is 21.6 Å². The molecule has 1 fully saturated rings. The Bertz CT molecular complexity index is 2510. The molecule has 1 aromatic carbocycles.